The zero-order valence-electron chi connectivity index (χ0n) is 10.1. The van der Waals surface area contributed by atoms with Crippen molar-refractivity contribution < 1.29 is 4.39 Å². The highest BCUT2D eigenvalue weighted by Crippen LogP contribution is 2.51. The first-order valence-electron chi connectivity index (χ1n) is 5.95. The van der Waals surface area contributed by atoms with E-state index in [9.17, 15) is 4.39 Å². The van der Waals surface area contributed by atoms with Gasteiger partial charge in [-0.15, -0.1) is 24.8 Å². The lowest BCUT2D eigenvalue weighted by atomic mass is 10.2. The third-order valence-corrected chi connectivity index (χ3v) is 4.04. The van der Waals surface area contributed by atoms with Crippen molar-refractivity contribution in [1.82, 2.24) is 4.90 Å². The molecule has 5 heteroatoms. The zero-order valence-corrected chi connectivity index (χ0v) is 11.7. The lowest BCUT2D eigenvalue weighted by Crippen LogP contribution is -2.25. The normalized spacial score (nSPS) is 29.1. The van der Waals surface area contributed by atoms with Crippen molar-refractivity contribution >= 4 is 24.8 Å². The largest absolute Gasteiger partial charge is 0.330 e. The number of fused-ring (bicyclic) bond motifs is 1. The molecule has 2 nitrogen and oxygen atoms in total. The second-order valence-electron chi connectivity index (χ2n) is 5.05. The first-order chi connectivity index (χ1) is 7.78. The molecule has 0 bridgehead atoms. The quantitative estimate of drug-likeness (QED) is 0.926. The van der Waals surface area contributed by atoms with Crippen LogP contribution < -0.4 is 5.73 Å². The van der Waals surface area contributed by atoms with Crippen LogP contribution in [-0.4, -0.2) is 24.5 Å². The number of likely N-dealkylation sites (tertiary alicyclic amines) is 1. The lowest BCUT2D eigenvalue weighted by molar-refractivity contribution is 0.279. The summed E-state index contributed by atoms with van der Waals surface area (Å²) in [6, 6.07) is 6.82. The minimum Gasteiger partial charge on any atom is -0.330 e. The van der Waals surface area contributed by atoms with Crippen molar-refractivity contribution in [3.63, 3.8) is 0 Å². The molecule has 1 aliphatic carbocycles. The molecule has 1 aromatic carbocycles. The number of nitrogens with two attached hydrogens (primary N) is 1. The van der Waals surface area contributed by atoms with E-state index in [1.165, 1.54) is 30.8 Å². The summed E-state index contributed by atoms with van der Waals surface area (Å²) < 4.78 is 12.7. The van der Waals surface area contributed by atoms with E-state index in [4.69, 9.17) is 5.73 Å². The van der Waals surface area contributed by atoms with Crippen molar-refractivity contribution in [3.05, 3.63) is 35.6 Å². The fraction of sp³-hybridized carbons (Fsp3) is 0.538. The number of benzene rings is 1. The Kier molecular flexibility index (Phi) is 5.41. The van der Waals surface area contributed by atoms with Gasteiger partial charge < -0.3 is 5.73 Å². The Morgan fingerprint density at radius 3 is 2.17 bits per heavy atom. The van der Waals surface area contributed by atoms with E-state index in [0.29, 0.717) is 0 Å². The van der Waals surface area contributed by atoms with Crippen molar-refractivity contribution in [3.8, 4) is 0 Å². The predicted octanol–water partition coefficient (Wildman–Crippen LogP) is 2.31. The number of rotatable bonds is 3. The van der Waals surface area contributed by atoms with Gasteiger partial charge in [0.15, 0.2) is 0 Å². The summed E-state index contributed by atoms with van der Waals surface area (Å²) in [6.07, 6.45) is 0. The molecule has 3 rings (SSSR count). The molecule has 18 heavy (non-hydrogen) atoms. The summed E-state index contributed by atoms with van der Waals surface area (Å²) in [6.45, 7) is 4.14. The molecule has 1 aromatic rings. The first kappa shape index (κ1) is 15.7. The van der Waals surface area contributed by atoms with Crippen molar-refractivity contribution in [2.24, 2.45) is 23.5 Å². The van der Waals surface area contributed by atoms with Gasteiger partial charge in [0.1, 0.15) is 5.82 Å². The van der Waals surface area contributed by atoms with E-state index in [1.807, 2.05) is 12.1 Å². The lowest BCUT2D eigenvalue weighted by Gasteiger charge is -2.19. The first-order valence-corrected chi connectivity index (χ1v) is 5.95. The zero-order chi connectivity index (χ0) is 11.1. The molecule has 0 amide bonds. The molecule has 3 atom stereocenters. The Labute approximate surface area is 120 Å². The number of halogens is 3. The van der Waals surface area contributed by atoms with Gasteiger partial charge in [-0.25, -0.2) is 4.39 Å². The van der Waals surface area contributed by atoms with Crippen LogP contribution in [0.1, 0.15) is 5.56 Å². The molecule has 1 aliphatic heterocycles. The summed E-state index contributed by atoms with van der Waals surface area (Å²) in [5, 5.41) is 0. The van der Waals surface area contributed by atoms with Crippen LogP contribution in [0.25, 0.3) is 0 Å². The monoisotopic (exact) mass is 292 g/mol. The summed E-state index contributed by atoms with van der Waals surface area (Å²) in [4.78, 5) is 2.45. The van der Waals surface area contributed by atoms with E-state index in [0.717, 1.165) is 30.8 Å². The molecular formula is C13H19Cl2FN2. The Morgan fingerprint density at radius 1 is 1.11 bits per heavy atom. The standard InChI is InChI=1S/C13H17FN2.2ClH/c14-10-3-1-9(2-4-10)6-16-7-12-11(5-15)13(12)8-16;;/h1-4,11-13H,5-8,15H2;2*1H/t11?,12-,13+;;. The number of hydrogen-bond donors (Lipinski definition) is 1. The Bertz CT molecular complexity index is 373. The molecule has 0 radical (unpaired) electrons. The van der Waals surface area contributed by atoms with Crippen LogP contribution in [0, 0.1) is 23.6 Å². The van der Waals surface area contributed by atoms with Gasteiger partial charge >= 0.3 is 0 Å². The van der Waals surface area contributed by atoms with Gasteiger partial charge in [0.2, 0.25) is 0 Å². The van der Waals surface area contributed by atoms with Crippen LogP contribution in [0.5, 0.6) is 0 Å². The molecule has 0 spiro atoms. The summed E-state index contributed by atoms with van der Waals surface area (Å²) in [5.41, 5.74) is 6.88. The number of hydrogen-bond acceptors (Lipinski definition) is 2. The fourth-order valence-corrected chi connectivity index (χ4v) is 3.06. The average Bonchev–Trinajstić information content (AvgIpc) is 2.76. The van der Waals surface area contributed by atoms with Crippen LogP contribution >= 0.6 is 24.8 Å². The van der Waals surface area contributed by atoms with Crippen molar-refractivity contribution in [2.45, 2.75) is 6.54 Å². The summed E-state index contributed by atoms with van der Waals surface area (Å²) in [5.74, 6) is 2.30. The Morgan fingerprint density at radius 2 is 1.67 bits per heavy atom. The molecular weight excluding hydrogens is 274 g/mol. The van der Waals surface area contributed by atoms with E-state index in [1.54, 1.807) is 0 Å². The molecule has 1 saturated carbocycles. The van der Waals surface area contributed by atoms with Gasteiger partial charge in [-0.3, -0.25) is 4.90 Å². The molecule has 2 N–H and O–H groups in total. The van der Waals surface area contributed by atoms with Gasteiger partial charge in [-0.2, -0.15) is 0 Å². The molecule has 1 unspecified atom stereocenters. The van der Waals surface area contributed by atoms with E-state index < -0.39 is 0 Å². The molecule has 1 saturated heterocycles. The number of nitrogens with zero attached hydrogens (tertiary/aromatic N) is 1. The van der Waals surface area contributed by atoms with Crippen LogP contribution in [0.15, 0.2) is 24.3 Å². The smallest absolute Gasteiger partial charge is 0.123 e. The SMILES string of the molecule is Cl.Cl.NCC1[C@H]2CN(Cc3ccc(F)cc3)C[C@@H]12. The molecule has 2 aliphatic rings. The van der Waals surface area contributed by atoms with E-state index >= 15 is 0 Å². The maximum absolute atomic E-state index is 12.7. The summed E-state index contributed by atoms with van der Waals surface area (Å²) >= 11 is 0. The topological polar surface area (TPSA) is 29.3 Å². The third kappa shape index (κ3) is 2.97. The second-order valence-corrected chi connectivity index (χ2v) is 5.05. The van der Waals surface area contributed by atoms with Gasteiger partial charge in [0.25, 0.3) is 0 Å². The van der Waals surface area contributed by atoms with Crippen LogP contribution in [-0.2, 0) is 6.54 Å². The molecule has 102 valence electrons. The highest BCUT2D eigenvalue weighted by molar-refractivity contribution is 5.85. The fourth-order valence-electron chi connectivity index (χ4n) is 3.06. The van der Waals surface area contributed by atoms with E-state index in [-0.39, 0.29) is 30.6 Å². The Hall–Kier alpha value is -0.350. The molecule has 0 aromatic heterocycles. The van der Waals surface area contributed by atoms with E-state index in [2.05, 4.69) is 4.90 Å². The molecule has 2 fully saturated rings. The minimum absolute atomic E-state index is 0. The highest BCUT2D eigenvalue weighted by Gasteiger charge is 2.54. The maximum Gasteiger partial charge on any atom is 0.123 e. The minimum atomic E-state index is -0.156. The average molecular weight is 293 g/mol. The van der Waals surface area contributed by atoms with Crippen LogP contribution in [0.4, 0.5) is 4.39 Å². The van der Waals surface area contributed by atoms with Crippen LogP contribution in [0.3, 0.4) is 0 Å². The third-order valence-electron chi connectivity index (χ3n) is 4.04. The van der Waals surface area contributed by atoms with Crippen molar-refractivity contribution in [1.29, 1.82) is 0 Å². The van der Waals surface area contributed by atoms with Crippen LogP contribution in [0.2, 0.25) is 0 Å². The molecule has 1 heterocycles. The maximum atomic E-state index is 12.7. The number of piperidine rings is 1. The van der Waals surface area contributed by atoms with Gasteiger partial charge in [0, 0.05) is 19.6 Å². The van der Waals surface area contributed by atoms with Crippen molar-refractivity contribution in [2.75, 3.05) is 19.6 Å². The highest BCUT2D eigenvalue weighted by atomic mass is 35.5. The van der Waals surface area contributed by atoms with Gasteiger partial charge in [-0.1, -0.05) is 12.1 Å². The van der Waals surface area contributed by atoms with Gasteiger partial charge in [0.05, 0.1) is 0 Å². The Balaban J connectivity index is 0.000000810. The summed E-state index contributed by atoms with van der Waals surface area (Å²) in [7, 11) is 0. The predicted molar refractivity (Wildman–Crippen MR) is 75.7 cm³/mol. The second kappa shape index (κ2) is 6.20. The van der Waals surface area contributed by atoms with Gasteiger partial charge in [-0.05, 0) is 42.0 Å².